The quantitative estimate of drug-likeness (QED) is 0.115. The summed E-state index contributed by atoms with van der Waals surface area (Å²) in [6.45, 7) is 3.85. The second kappa shape index (κ2) is 14.8. The molecule has 4 aromatic carbocycles. The first-order chi connectivity index (χ1) is 16.5. The first-order valence-corrected chi connectivity index (χ1v) is 11.0. The van der Waals surface area contributed by atoms with Crippen molar-refractivity contribution in [2.75, 3.05) is 22.9 Å². The van der Waals surface area contributed by atoms with E-state index in [2.05, 4.69) is 12.6 Å². The predicted octanol–water partition coefficient (Wildman–Crippen LogP) is 4.79. The Labute approximate surface area is 212 Å². The number of phenols is 1. The van der Waals surface area contributed by atoms with E-state index in [0.29, 0.717) is 22.7 Å². The third kappa shape index (κ3) is 12.5. The summed E-state index contributed by atoms with van der Waals surface area (Å²) < 4.78 is 0. The van der Waals surface area contributed by atoms with Crippen LogP contribution in [-0.2, 0) is 0 Å². The van der Waals surface area contributed by atoms with E-state index in [4.69, 9.17) is 33.8 Å². The highest BCUT2D eigenvalue weighted by Crippen LogP contribution is 2.17. The van der Waals surface area contributed by atoms with Crippen molar-refractivity contribution in [3.05, 3.63) is 108 Å². The van der Waals surface area contributed by atoms with Crippen molar-refractivity contribution in [1.82, 2.24) is 0 Å². The van der Waals surface area contributed by atoms with Crippen LogP contribution in [0.3, 0.4) is 0 Å². The highest BCUT2D eigenvalue weighted by molar-refractivity contribution is 7.80. The van der Waals surface area contributed by atoms with E-state index < -0.39 is 5.91 Å². The Morgan fingerprint density at radius 2 is 1.06 bits per heavy atom. The average molecular weight is 492 g/mol. The van der Waals surface area contributed by atoms with Crippen LogP contribution in [0.25, 0.3) is 0 Å². The summed E-state index contributed by atoms with van der Waals surface area (Å²) in [5.41, 5.74) is 32.1. The molecule has 0 atom stereocenters. The molecule has 0 aliphatic rings. The number of nitrogen functional groups attached to an aromatic ring is 4. The average Bonchev–Trinajstić information content (AvgIpc) is 2.82. The summed E-state index contributed by atoms with van der Waals surface area (Å²) in [5, 5.41) is 8.99. The number of thiol groups is 1. The summed E-state index contributed by atoms with van der Waals surface area (Å²) in [5.74, 6) is -0.135. The Morgan fingerprint density at radius 1 is 0.657 bits per heavy atom. The van der Waals surface area contributed by atoms with Crippen molar-refractivity contribution >= 4 is 41.3 Å². The van der Waals surface area contributed by atoms with Gasteiger partial charge in [-0.3, -0.25) is 4.79 Å². The van der Waals surface area contributed by atoms with Gasteiger partial charge in [-0.2, -0.15) is 0 Å². The van der Waals surface area contributed by atoms with Crippen LogP contribution in [-0.4, -0.2) is 11.0 Å². The number of hydrogen-bond donors (Lipinski definition) is 7. The number of carbonyl (C=O) groups excluding carboxylic acids is 1. The molecule has 0 heterocycles. The maximum absolute atomic E-state index is 10.5. The molecule has 4 rings (SSSR count). The summed E-state index contributed by atoms with van der Waals surface area (Å²) >= 11 is 4.08. The molecule has 8 heteroatoms. The molecule has 0 unspecified atom stereocenters. The third-order valence-electron chi connectivity index (χ3n) is 4.39. The number of benzene rings is 4. The van der Waals surface area contributed by atoms with E-state index in [1.165, 1.54) is 5.56 Å². The van der Waals surface area contributed by atoms with Crippen LogP contribution >= 0.6 is 12.6 Å². The number of carbonyl (C=O) groups is 1. The van der Waals surface area contributed by atoms with Gasteiger partial charge in [-0.1, -0.05) is 17.7 Å². The molecular weight excluding hydrogens is 458 g/mol. The van der Waals surface area contributed by atoms with Crippen molar-refractivity contribution in [2.24, 2.45) is 5.73 Å². The molecule has 35 heavy (non-hydrogen) atoms. The number of anilines is 4. The van der Waals surface area contributed by atoms with Gasteiger partial charge in [0, 0.05) is 33.2 Å². The number of phenolic OH excluding ortho intramolecular Hbond substituents is 1. The molecule has 11 N–H and O–H groups in total. The van der Waals surface area contributed by atoms with Crippen LogP contribution in [0.15, 0.2) is 95.9 Å². The number of aromatic hydroxyl groups is 1. The number of rotatable bonds is 1. The largest absolute Gasteiger partial charge is 0.508 e. The summed E-state index contributed by atoms with van der Waals surface area (Å²) in [4.78, 5) is 11.4. The lowest BCUT2D eigenvalue weighted by Gasteiger charge is -1.97. The standard InChI is InChI=1S/C7H8N2O.C7H9NO.C7H9N.C6H7NS/c8-6-3-1-5(2-4-6)7(9)10;1-5-4-6(8)2-3-7(5)9;1-6-2-4-7(8)5-3-6;7-5-1-3-6(8)4-2-5/h1-4H,8H2,(H2,9,10);2-4,9H,8H2,1H3;2-5H,8H2,1H3;1-4,8H,7H2. The Hall–Kier alpha value is -4.30. The topological polar surface area (TPSA) is 167 Å². The van der Waals surface area contributed by atoms with Crippen molar-refractivity contribution < 1.29 is 9.90 Å². The van der Waals surface area contributed by atoms with Gasteiger partial charge >= 0.3 is 0 Å². The fourth-order valence-corrected chi connectivity index (χ4v) is 2.52. The molecule has 0 saturated heterocycles. The highest BCUT2D eigenvalue weighted by Gasteiger charge is 1.96. The highest BCUT2D eigenvalue weighted by atomic mass is 32.1. The summed E-state index contributed by atoms with van der Waals surface area (Å²) in [6, 6.07) is 26.6. The van der Waals surface area contributed by atoms with E-state index in [9.17, 15) is 4.79 Å². The molecule has 7 nitrogen and oxygen atoms in total. The molecule has 0 spiro atoms. The number of nitrogens with two attached hydrogens (primary N) is 5. The second-order valence-corrected chi connectivity index (χ2v) is 8.05. The zero-order chi connectivity index (χ0) is 26.4. The lowest BCUT2D eigenvalue weighted by atomic mass is 10.2. The molecule has 0 aromatic heterocycles. The Kier molecular flexibility index (Phi) is 12.1. The van der Waals surface area contributed by atoms with Crippen LogP contribution < -0.4 is 28.7 Å². The third-order valence-corrected chi connectivity index (χ3v) is 4.68. The van der Waals surface area contributed by atoms with Gasteiger partial charge in [-0.15, -0.1) is 12.6 Å². The minimum absolute atomic E-state index is 0.296. The number of primary amides is 1. The predicted molar refractivity (Wildman–Crippen MR) is 150 cm³/mol. The monoisotopic (exact) mass is 491 g/mol. The van der Waals surface area contributed by atoms with Crippen LogP contribution in [0.4, 0.5) is 22.7 Å². The SMILES string of the molecule is Cc1cc(N)ccc1O.Cc1ccc(N)cc1.NC(=O)c1ccc(N)cc1.Nc1ccc(S)cc1. The number of amides is 1. The van der Waals surface area contributed by atoms with E-state index in [-0.39, 0.29) is 0 Å². The van der Waals surface area contributed by atoms with Crippen LogP contribution in [0.5, 0.6) is 5.75 Å². The maximum Gasteiger partial charge on any atom is 0.248 e. The minimum atomic E-state index is -0.431. The fourth-order valence-electron chi connectivity index (χ4n) is 2.37. The maximum atomic E-state index is 10.5. The molecular formula is C27H33N5O2S. The van der Waals surface area contributed by atoms with Gasteiger partial charge in [0.05, 0.1) is 0 Å². The van der Waals surface area contributed by atoms with Crippen molar-refractivity contribution in [3.8, 4) is 5.75 Å². The Balaban J connectivity index is 0.000000234. The number of aryl methyl sites for hydroxylation is 2. The van der Waals surface area contributed by atoms with Gasteiger partial charge in [-0.25, -0.2) is 0 Å². The zero-order valence-electron chi connectivity index (χ0n) is 19.8. The van der Waals surface area contributed by atoms with Gasteiger partial charge in [0.25, 0.3) is 0 Å². The summed E-state index contributed by atoms with van der Waals surface area (Å²) in [7, 11) is 0. The second-order valence-electron chi connectivity index (χ2n) is 7.53. The normalized spacial score (nSPS) is 9.23. The summed E-state index contributed by atoms with van der Waals surface area (Å²) in [6.07, 6.45) is 0. The Morgan fingerprint density at radius 3 is 1.40 bits per heavy atom. The van der Waals surface area contributed by atoms with Gasteiger partial charge in [0.1, 0.15) is 5.75 Å². The van der Waals surface area contributed by atoms with E-state index in [0.717, 1.165) is 21.8 Å². The van der Waals surface area contributed by atoms with Gasteiger partial charge in [0.2, 0.25) is 5.91 Å². The van der Waals surface area contributed by atoms with E-state index in [1.807, 2.05) is 62.4 Å². The molecule has 0 aliphatic carbocycles. The van der Waals surface area contributed by atoms with Crippen LogP contribution in [0.2, 0.25) is 0 Å². The molecule has 0 bridgehead atoms. The van der Waals surface area contributed by atoms with Crippen LogP contribution in [0, 0.1) is 13.8 Å². The molecule has 0 aliphatic heterocycles. The first-order valence-electron chi connectivity index (χ1n) is 10.5. The molecule has 0 radical (unpaired) electrons. The van der Waals surface area contributed by atoms with Gasteiger partial charge in [0.15, 0.2) is 0 Å². The number of hydrogen-bond acceptors (Lipinski definition) is 7. The van der Waals surface area contributed by atoms with Crippen molar-refractivity contribution in [2.45, 2.75) is 18.7 Å². The smallest absolute Gasteiger partial charge is 0.248 e. The zero-order valence-corrected chi connectivity index (χ0v) is 20.7. The lowest BCUT2D eigenvalue weighted by Crippen LogP contribution is -2.10. The van der Waals surface area contributed by atoms with Crippen molar-refractivity contribution in [1.29, 1.82) is 0 Å². The van der Waals surface area contributed by atoms with E-state index in [1.54, 1.807) is 42.5 Å². The fraction of sp³-hybridized carbons (Fsp3) is 0.0741. The molecule has 0 saturated carbocycles. The molecule has 4 aromatic rings. The van der Waals surface area contributed by atoms with Gasteiger partial charge < -0.3 is 33.8 Å². The molecule has 1 amide bonds. The Bertz CT molecular complexity index is 1090. The van der Waals surface area contributed by atoms with Crippen LogP contribution in [0.1, 0.15) is 21.5 Å². The molecule has 184 valence electrons. The van der Waals surface area contributed by atoms with Crippen molar-refractivity contribution in [3.63, 3.8) is 0 Å². The minimum Gasteiger partial charge on any atom is -0.508 e. The first kappa shape index (κ1) is 28.7. The lowest BCUT2D eigenvalue weighted by molar-refractivity contribution is 0.100. The molecule has 0 fully saturated rings. The van der Waals surface area contributed by atoms with Gasteiger partial charge in [-0.05, 0) is 98.3 Å². The van der Waals surface area contributed by atoms with E-state index >= 15 is 0 Å².